The number of hydrogen-bond acceptors (Lipinski definition) is 6. The van der Waals surface area contributed by atoms with Crippen molar-refractivity contribution in [3.63, 3.8) is 0 Å². The van der Waals surface area contributed by atoms with Crippen molar-refractivity contribution in [1.82, 2.24) is 24.7 Å². The Morgan fingerprint density at radius 2 is 2.22 bits per heavy atom. The summed E-state index contributed by atoms with van der Waals surface area (Å²) >= 11 is 0. The Morgan fingerprint density at radius 1 is 1.39 bits per heavy atom. The number of aryl methyl sites for hydroxylation is 1. The largest absolute Gasteiger partial charge is 0.475 e. The number of nitrogens with zero attached hydrogens (tertiary/aromatic N) is 5. The quantitative estimate of drug-likeness (QED) is 0.850. The molecule has 0 aliphatic carbocycles. The molecular formula is C11H16N6O. The van der Waals surface area contributed by atoms with Crippen LogP contribution in [0.15, 0.2) is 18.6 Å². The van der Waals surface area contributed by atoms with Gasteiger partial charge < -0.3 is 10.1 Å². The standard InChI is InChI=1S/C11H16N6O/c1-8(2)18-10-4-5-12-11(15-10)13-6-9-14-7-17(3)16-9/h4-5,7-8H,6H2,1-3H3,(H,12,13,15). The van der Waals surface area contributed by atoms with Crippen LogP contribution in [0.4, 0.5) is 5.95 Å². The van der Waals surface area contributed by atoms with E-state index in [9.17, 15) is 0 Å². The van der Waals surface area contributed by atoms with E-state index in [1.807, 2.05) is 20.9 Å². The maximum absolute atomic E-state index is 5.48. The zero-order valence-corrected chi connectivity index (χ0v) is 10.7. The molecule has 0 amide bonds. The molecular weight excluding hydrogens is 232 g/mol. The third kappa shape index (κ3) is 3.41. The van der Waals surface area contributed by atoms with E-state index in [4.69, 9.17) is 4.74 Å². The van der Waals surface area contributed by atoms with Gasteiger partial charge in [0.15, 0.2) is 5.82 Å². The molecule has 7 nitrogen and oxygen atoms in total. The van der Waals surface area contributed by atoms with E-state index in [1.165, 1.54) is 0 Å². The van der Waals surface area contributed by atoms with Crippen molar-refractivity contribution in [2.45, 2.75) is 26.5 Å². The van der Waals surface area contributed by atoms with Crippen LogP contribution < -0.4 is 10.1 Å². The Morgan fingerprint density at radius 3 is 2.89 bits per heavy atom. The number of aromatic nitrogens is 5. The van der Waals surface area contributed by atoms with Crippen molar-refractivity contribution >= 4 is 5.95 Å². The summed E-state index contributed by atoms with van der Waals surface area (Å²) in [5, 5.41) is 7.20. The minimum absolute atomic E-state index is 0.0882. The third-order valence-electron chi connectivity index (χ3n) is 2.04. The second-order valence-corrected chi connectivity index (χ2v) is 4.07. The fourth-order valence-electron chi connectivity index (χ4n) is 1.36. The van der Waals surface area contributed by atoms with Gasteiger partial charge in [0.25, 0.3) is 0 Å². The number of hydrogen-bond donors (Lipinski definition) is 1. The van der Waals surface area contributed by atoms with E-state index in [1.54, 1.807) is 23.3 Å². The van der Waals surface area contributed by atoms with Crippen LogP contribution in [-0.2, 0) is 13.6 Å². The van der Waals surface area contributed by atoms with Crippen LogP contribution in [0.2, 0.25) is 0 Å². The van der Waals surface area contributed by atoms with E-state index in [0.29, 0.717) is 24.2 Å². The summed E-state index contributed by atoms with van der Waals surface area (Å²) in [6, 6.07) is 1.73. The second-order valence-electron chi connectivity index (χ2n) is 4.07. The highest BCUT2D eigenvalue weighted by Crippen LogP contribution is 2.10. The number of rotatable bonds is 5. The van der Waals surface area contributed by atoms with Gasteiger partial charge in [-0.2, -0.15) is 10.1 Å². The zero-order valence-electron chi connectivity index (χ0n) is 10.7. The summed E-state index contributed by atoms with van der Waals surface area (Å²) in [5.74, 6) is 1.74. The van der Waals surface area contributed by atoms with Crippen LogP contribution in [0.25, 0.3) is 0 Å². The summed E-state index contributed by atoms with van der Waals surface area (Å²) in [6.07, 6.45) is 3.39. The van der Waals surface area contributed by atoms with Gasteiger partial charge in [0.2, 0.25) is 11.8 Å². The molecule has 96 valence electrons. The Labute approximate surface area is 105 Å². The summed E-state index contributed by atoms with van der Waals surface area (Å²) in [6.45, 7) is 4.38. The lowest BCUT2D eigenvalue weighted by Gasteiger charge is -2.09. The summed E-state index contributed by atoms with van der Waals surface area (Å²) in [7, 11) is 1.82. The Bertz CT molecular complexity index is 510. The summed E-state index contributed by atoms with van der Waals surface area (Å²) in [4.78, 5) is 12.4. The zero-order chi connectivity index (χ0) is 13.0. The van der Waals surface area contributed by atoms with Gasteiger partial charge in [0, 0.05) is 19.3 Å². The first kappa shape index (κ1) is 12.3. The molecule has 2 rings (SSSR count). The number of nitrogens with one attached hydrogen (secondary N) is 1. The maximum atomic E-state index is 5.48. The first-order chi connectivity index (χ1) is 8.63. The minimum atomic E-state index is 0.0882. The molecule has 0 saturated heterocycles. The van der Waals surface area contributed by atoms with Crippen molar-refractivity contribution in [3.05, 3.63) is 24.4 Å². The van der Waals surface area contributed by atoms with Crippen molar-refractivity contribution in [3.8, 4) is 5.88 Å². The van der Waals surface area contributed by atoms with E-state index >= 15 is 0 Å². The first-order valence-electron chi connectivity index (χ1n) is 5.71. The molecule has 0 aliphatic heterocycles. The van der Waals surface area contributed by atoms with Crippen LogP contribution in [0, 0.1) is 0 Å². The smallest absolute Gasteiger partial charge is 0.226 e. The van der Waals surface area contributed by atoms with Gasteiger partial charge in [0.05, 0.1) is 12.6 Å². The molecule has 0 spiro atoms. The van der Waals surface area contributed by atoms with Gasteiger partial charge in [0.1, 0.15) is 6.33 Å². The fourth-order valence-corrected chi connectivity index (χ4v) is 1.36. The lowest BCUT2D eigenvalue weighted by atomic mass is 10.5. The topological polar surface area (TPSA) is 77.8 Å². The van der Waals surface area contributed by atoms with E-state index in [-0.39, 0.29) is 6.10 Å². The summed E-state index contributed by atoms with van der Waals surface area (Å²) < 4.78 is 7.13. The van der Waals surface area contributed by atoms with Crippen LogP contribution in [-0.4, -0.2) is 30.8 Å². The lowest BCUT2D eigenvalue weighted by molar-refractivity contribution is 0.232. The molecule has 2 heterocycles. The van der Waals surface area contributed by atoms with Crippen LogP contribution >= 0.6 is 0 Å². The number of ether oxygens (including phenoxy) is 1. The molecule has 0 aromatic carbocycles. The molecule has 0 radical (unpaired) electrons. The molecule has 2 aromatic heterocycles. The lowest BCUT2D eigenvalue weighted by Crippen LogP contribution is -2.09. The Hall–Kier alpha value is -2.18. The van der Waals surface area contributed by atoms with E-state index < -0.39 is 0 Å². The Balaban J connectivity index is 1.96. The normalized spacial score (nSPS) is 10.7. The molecule has 7 heteroatoms. The average molecular weight is 248 g/mol. The average Bonchev–Trinajstić information content (AvgIpc) is 2.72. The van der Waals surface area contributed by atoms with Crippen LogP contribution in [0.1, 0.15) is 19.7 Å². The SMILES string of the molecule is CC(C)Oc1ccnc(NCc2ncn(C)n2)n1. The van der Waals surface area contributed by atoms with Crippen LogP contribution in [0.5, 0.6) is 5.88 Å². The molecule has 18 heavy (non-hydrogen) atoms. The van der Waals surface area contributed by atoms with Gasteiger partial charge in [-0.15, -0.1) is 0 Å². The predicted molar refractivity (Wildman–Crippen MR) is 66.1 cm³/mol. The predicted octanol–water partition coefficient (Wildman–Crippen LogP) is 1.00. The molecule has 0 bridgehead atoms. The molecule has 0 saturated carbocycles. The molecule has 2 aromatic rings. The highest BCUT2D eigenvalue weighted by molar-refractivity contribution is 5.27. The van der Waals surface area contributed by atoms with E-state index in [2.05, 4.69) is 25.4 Å². The van der Waals surface area contributed by atoms with Crippen molar-refractivity contribution in [2.24, 2.45) is 7.05 Å². The maximum Gasteiger partial charge on any atom is 0.226 e. The minimum Gasteiger partial charge on any atom is -0.475 e. The van der Waals surface area contributed by atoms with E-state index in [0.717, 1.165) is 0 Å². The van der Waals surface area contributed by atoms with Crippen molar-refractivity contribution in [1.29, 1.82) is 0 Å². The van der Waals surface area contributed by atoms with Gasteiger partial charge >= 0.3 is 0 Å². The summed E-state index contributed by atoms with van der Waals surface area (Å²) in [5.41, 5.74) is 0. The highest BCUT2D eigenvalue weighted by Gasteiger charge is 2.03. The third-order valence-corrected chi connectivity index (χ3v) is 2.04. The van der Waals surface area contributed by atoms with Crippen LogP contribution in [0.3, 0.4) is 0 Å². The molecule has 0 atom stereocenters. The van der Waals surface area contributed by atoms with Gasteiger partial charge in [-0.1, -0.05) is 0 Å². The van der Waals surface area contributed by atoms with Gasteiger partial charge in [-0.25, -0.2) is 9.97 Å². The van der Waals surface area contributed by atoms with Crippen molar-refractivity contribution in [2.75, 3.05) is 5.32 Å². The molecule has 0 aliphatic rings. The monoisotopic (exact) mass is 248 g/mol. The van der Waals surface area contributed by atoms with Crippen molar-refractivity contribution < 1.29 is 4.74 Å². The van der Waals surface area contributed by atoms with Gasteiger partial charge in [-0.05, 0) is 13.8 Å². The fraction of sp³-hybridized carbons (Fsp3) is 0.455. The molecule has 0 fully saturated rings. The molecule has 1 N–H and O–H groups in total. The number of anilines is 1. The molecule has 0 unspecified atom stereocenters. The highest BCUT2D eigenvalue weighted by atomic mass is 16.5. The van der Waals surface area contributed by atoms with Gasteiger partial charge in [-0.3, -0.25) is 4.68 Å². The second kappa shape index (κ2) is 5.44. The Kier molecular flexibility index (Phi) is 3.71. The first-order valence-corrected chi connectivity index (χ1v) is 5.71.